The Morgan fingerprint density at radius 2 is 1.65 bits per heavy atom. The van der Waals surface area contributed by atoms with E-state index in [0.717, 1.165) is 34.0 Å². The minimum Gasteiger partial charge on any atom is -0.351 e. The van der Waals surface area contributed by atoms with Crippen LogP contribution < -0.4 is 10.2 Å². The summed E-state index contributed by atoms with van der Waals surface area (Å²) in [6.07, 6.45) is 1.77. The van der Waals surface area contributed by atoms with Crippen molar-refractivity contribution in [2.75, 3.05) is 4.90 Å². The summed E-state index contributed by atoms with van der Waals surface area (Å²) in [5.74, 6) is -0.529. The average Bonchev–Trinajstić information content (AvgIpc) is 3.32. The fourth-order valence-corrected chi connectivity index (χ4v) is 5.15. The molecule has 34 heavy (non-hydrogen) atoms. The molecule has 5 rings (SSSR count). The molecule has 2 aromatic carbocycles. The Morgan fingerprint density at radius 3 is 2.32 bits per heavy atom. The number of halogens is 2. The predicted octanol–water partition coefficient (Wildman–Crippen LogP) is 6.25. The predicted molar refractivity (Wildman–Crippen MR) is 134 cm³/mol. The number of hydrogen-bond acceptors (Lipinski definition) is 2. The fraction of sp³-hybridized carbons (Fsp3) is 0.185. The summed E-state index contributed by atoms with van der Waals surface area (Å²) in [6, 6.07) is 19.0. The minimum absolute atomic E-state index is 0.207. The topological polar surface area (TPSA) is 33.1 Å². The van der Waals surface area contributed by atoms with Crippen molar-refractivity contribution in [1.29, 1.82) is 0 Å². The number of pyridine rings is 1. The Morgan fingerprint density at radius 1 is 0.912 bits per heavy atom. The molecular formula is C27H24F2N4S. The van der Waals surface area contributed by atoms with Crippen LogP contribution in [0.5, 0.6) is 0 Å². The lowest BCUT2D eigenvalue weighted by Gasteiger charge is -2.28. The SMILES string of the molecule is Cc1cc(N2C(=S)N[C@@H](c3ccccn3)[C@H]2c2cc(C)n(-c3ccc(F)cc3)c2C)ccc1F. The van der Waals surface area contributed by atoms with E-state index in [1.165, 1.54) is 18.2 Å². The molecule has 2 atom stereocenters. The van der Waals surface area contributed by atoms with Crippen LogP contribution in [0.3, 0.4) is 0 Å². The third kappa shape index (κ3) is 3.76. The van der Waals surface area contributed by atoms with Crippen LogP contribution in [-0.4, -0.2) is 14.7 Å². The van der Waals surface area contributed by atoms with Gasteiger partial charge in [0.1, 0.15) is 11.6 Å². The molecule has 0 amide bonds. The van der Waals surface area contributed by atoms with Crippen LogP contribution in [-0.2, 0) is 0 Å². The zero-order valence-electron chi connectivity index (χ0n) is 19.1. The minimum atomic E-state index is -0.273. The molecule has 1 aliphatic rings. The maximum Gasteiger partial charge on any atom is 0.174 e. The van der Waals surface area contributed by atoms with Crippen LogP contribution in [0.4, 0.5) is 14.5 Å². The summed E-state index contributed by atoms with van der Waals surface area (Å²) in [4.78, 5) is 6.64. The van der Waals surface area contributed by atoms with Crippen molar-refractivity contribution < 1.29 is 8.78 Å². The quantitative estimate of drug-likeness (QED) is 0.354. The summed E-state index contributed by atoms with van der Waals surface area (Å²) < 4.78 is 29.7. The Labute approximate surface area is 202 Å². The van der Waals surface area contributed by atoms with E-state index in [0.29, 0.717) is 10.7 Å². The molecule has 2 aromatic heterocycles. The summed E-state index contributed by atoms with van der Waals surface area (Å²) >= 11 is 5.79. The second kappa shape index (κ2) is 8.65. The van der Waals surface area contributed by atoms with Crippen molar-refractivity contribution in [2.45, 2.75) is 32.9 Å². The van der Waals surface area contributed by atoms with Crippen LogP contribution in [0, 0.1) is 32.4 Å². The van der Waals surface area contributed by atoms with Gasteiger partial charge >= 0.3 is 0 Å². The van der Waals surface area contributed by atoms with E-state index >= 15 is 0 Å². The molecule has 4 nitrogen and oxygen atoms in total. The summed E-state index contributed by atoms with van der Waals surface area (Å²) in [6.45, 7) is 5.83. The fourth-order valence-electron chi connectivity index (χ4n) is 4.80. The van der Waals surface area contributed by atoms with Gasteiger partial charge in [-0.2, -0.15) is 0 Å². The monoisotopic (exact) mass is 474 g/mol. The molecular weight excluding hydrogens is 450 g/mol. The third-order valence-electron chi connectivity index (χ3n) is 6.39. The van der Waals surface area contributed by atoms with Crippen molar-refractivity contribution in [1.82, 2.24) is 14.9 Å². The zero-order valence-corrected chi connectivity index (χ0v) is 19.9. The Hall–Kier alpha value is -3.58. The maximum atomic E-state index is 14.1. The van der Waals surface area contributed by atoms with Gasteiger partial charge in [0.25, 0.3) is 0 Å². The molecule has 1 aliphatic heterocycles. The highest BCUT2D eigenvalue weighted by molar-refractivity contribution is 7.80. The van der Waals surface area contributed by atoms with Crippen molar-refractivity contribution in [3.63, 3.8) is 0 Å². The van der Waals surface area contributed by atoms with Crippen LogP contribution >= 0.6 is 12.2 Å². The molecule has 0 radical (unpaired) electrons. The normalized spacial score (nSPS) is 17.8. The van der Waals surface area contributed by atoms with E-state index in [-0.39, 0.29) is 23.7 Å². The highest BCUT2D eigenvalue weighted by atomic mass is 32.1. The first-order chi connectivity index (χ1) is 16.3. The van der Waals surface area contributed by atoms with Crippen LogP contribution in [0.25, 0.3) is 5.69 Å². The lowest BCUT2D eigenvalue weighted by atomic mass is 9.96. The van der Waals surface area contributed by atoms with Gasteiger partial charge in [0.15, 0.2) is 5.11 Å². The number of aryl methyl sites for hydroxylation is 2. The number of nitrogens with one attached hydrogen (secondary N) is 1. The molecule has 0 unspecified atom stereocenters. The van der Waals surface area contributed by atoms with Gasteiger partial charge in [-0.25, -0.2) is 8.78 Å². The van der Waals surface area contributed by atoms with Crippen molar-refractivity contribution in [3.8, 4) is 5.69 Å². The smallest absolute Gasteiger partial charge is 0.174 e. The average molecular weight is 475 g/mol. The molecule has 1 saturated heterocycles. The number of thiocarbonyl (C=S) groups is 1. The van der Waals surface area contributed by atoms with Crippen LogP contribution in [0.1, 0.15) is 40.3 Å². The van der Waals surface area contributed by atoms with Gasteiger partial charge in [0.2, 0.25) is 0 Å². The molecule has 0 spiro atoms. The lowest BCUT2D eigenvalue weighted by Crippen LogP contribution is -2.29. The van der Waals surface area contributed by atoms with Gasteiger partial charge in [-0.05, 0) is 105 Å². The molecule has 1 N–H and O–H groups in total. The lowest BCUT2D eigenvalue weighted by molar-refractivity contribution is 0.564. The van der Waals surface area contributed by atoms with E-state index in [1.54, 1.807) is 31.3 Å². The first-order valence-corrected chi connectivity index (χ1v) is 11.5. The van der Waals surface area contributed by atoms with E-state index < -0.39 is 0 Å². The van der Waals surface area contributed by atoms with Crippen molar-refractivity contribution >= 4 is 23.0 Å². The maximum absolute atomic E-state index is 14.1. The molecule has 4 aromatic rings. The van der Waals surface area contributed by atoms with Gasteiger partial charge in [0.05, 0.1) is 17.8 Å². The first kappa shape index (κ1) is 22.2. The molecule has 7 heteroatoms. The number of rotatable bonds is 4. The summed E-state index contributed by atoms with van der Waals surface area (Å²) in [5.41, 5.74) is 6.21. The summed E-state index contributed by atoms with van der Waals surface area (Å²) in [7, 11) is 0. The van der Waals surface area contributed by atoms with Gasteiger partial charge < -0.3 is 14.8 Å². The Kier molecular flexibility index (Phi) is 5.65. The Balaban J connectivity index is 1.68. The Bertz CT molecular complexity index is 1370. The van der Waals surface area contributed by atoms with E-state index in [1.807, 2.05) is 36.1 Å². The van der Waals surface area contributed by atoms with Gasteiger partial charge in [0, 0.05) is 29.0 Å². The number of benzene rings is 2. The second-order valence-electron chi connectivity index (χ2n) is 8.57. The van der Waals surface area contributed by atoms with Gasteiger partial charge in [-0.15, -0.1) is 0 Å². The highest BCUT2D eigenvalue weighted by Crippen LogP contribution is 2.44. The molecule has 1 fully saturated rings. The molecule has 172 valence electrons. The number of hydrogen-bond donors (Lipinski definition) is 1. The van der Waals surface area contributed by atoms with Crippen molar-refractivity contribution in [3.05, 3.63) is 113 Å². The first-order valence-electron chi connectivity index (χ1n) is 11.1. The van der Waals surface area contributed by atoms with E-state index in [4.69, 9.17) is 12.2 Å². The van der Waals surface area contributed by atoms with E-state index in [9.17, 15) is 8.78 Å². The molecule has 0 saturated carbocycles. The standard InChI is InChI=1S/C27H24F2N4S/c1-16-14-21(11-12-23(16)29)33-26(25(31-27(33)34)24-6-4-5-13-30-24)22-15-17(2)32(18(22)3)20-9-7-19(28)8-10-20/h4-15,25-26H,1-3H3,(H,31,34)/t25-,26+/m0/s1. The largest absolute Gasteiger partial charge is 0.351 e. The molecule has 3 heterocycles. The van der Waals surface area contributed by atoms with E-state index in [2.05, 4.69) is 27.9 Å². The second-order valence-corrected chi connectivity index (χ2v) is 8.96. The number of nitrogens with zero attached hydrogens (tertiary/aromatic N) is 3. The number of aromatic nitrogens is 2. The highest BCUT2D eigenvalue weighted by Gasteiger charge is 2.42. The number of anilines is 1. The van der Waals surface area contributed by atoms with Gasteiger partial charge in [-0.1, -0.05) is 6.07 Å². The summed E-state index contributed by atoms with van der Waals surface area (Å²) in [5, 5.41) is 4.00. The van der Waals surface area contributed by atoms with Gasteiger partial charge in [-0.3, -0.25) is 4.98 Å². The molecule has 0 aliphatic carbocycles. The third-order valence-corrected chi connectivity index (χ3v) is 6.71. The zero-order chi connectivity index (χ0) is 24.0. The molecule has 0 bridgehead atoms. The van der Waals surface area contributed by atoms with Crippen LogP contribution in [0.15, 0.2) is 72.9 Å². The van der Waals surface area contributed by atoms with Crippen molar-refractivity contribution in [2.24, 2.45) is 0 Å². The van der Waals surface area contributed by atoms with Crippen LogP contribution in [0.2, 0.25) is 0 Å².